The summed E-state index contributed by atoms with van der Waals surface area (Å²) in [7, 11) is 0. The molecule has 9 heavy (non-hydrogen) atoms. The van der Waals surface area contributed by atoms with E-state index in [1.54, 1.807) is 0 Å². The van der Waals surface area contributed by atoms with Crippen LogP contribution in [0.1, 0.15) is 25.5 Å². The fourth-order valence-corrected chi connectivity index (χ4v) is 0.386. The van der Waals surface area contributed by atoms with Crippen LogP contribution in [0.2, 0.25) is 0 Å². The second kappa shape index (κ2) is 4.71. The Morgan fingerprint density at radius 2 is 2.22 bits per heavy atom. The van der Waals surface area contributed by atoms with Crippen molar-refractivity contribution in [3.05, 3.63) is 11.9 Å². The van der Waals surface area contributed by atoms with Crippen molar-refractivity contribution in [2.45, 2.75) is 19.8 Å². The van der Waals surface area contributed by atoms with Crippen LogP contribution in [0.4, 0.5) is 0 Å². The van der Waals surface area contributed by atoms with Gasteiger partial charge in [0.25, 0.3) is 0 Å². The van der Waals surface area contributed by atoms with Crippen LogP contribution < -0.4 is 58.2 Å². The minimum atomic E-state index is 0. The largest absolute Gasteiger partial charge is 1.00 e. The molecule has 0 amide bonds. The molecule has 0 radical (unpaired) electrons. The number of hydrogen-bond acceptors (Lipinski definition) is 3. The molecule has 0 bridgehead atoms. The van der Waals surface area contributed by atoms with Crippen molar-refractivity contribution < 1.29 is 62.8 Å². The number of rotatable bonds is 1. The van der Waals surface area contributed by atoms with Crippen molar-refractivity contribution in [2.75, 3.05) is 0 Å². The van der Waals surface area contributed by atoms with Gasteiger partial charge in [0.1, 0.15) is 0 Å². The molecule has 1 aromatic rings. The van der Waals surface area contributed by atoms with Crippen molar-refractivity contribution in [3.8, 4) is 0 Å². The van der Waals surface area contributed by atoms with Gasteiger partial charge < -0.3 is 0 Å². The topological polar surface area (TPSA) is 38.9 Å². The molecule has 0 saturated carbocycles. The van der Waals surface area contributed by atoms with E-state index in [2.05, 4.69) is 21.1 Å². The van der Waals surface area contributed by atoms with Gasteiger partial charge in [-0.15, -0.1) is 0 Å². The molecule has 0 atom stereocenters. The zero-order valence-corrected chi connectivity index (χ0v) is 10.8. The first-order valence-corrected chi connectivity index (χ1v) is 2.51. The third kappa shape index (κ3) is 3.02. The summed E-state index contributed by atoms with van der Waals surface area (Å²) < 4.78 is 4.32. The van der Waals surface area contributed by atoms with Gasteiger partial charge in [-0.2, -0.15) is 0 Å². The van der Waals surface area contributed by atoms with E-state index in [4.69, 9.17) is 0 Å². The smallest absolute Gasteiger partial charge is 0.297 e. The molecule has 1 rings (SSSR count). The second-order valence-corrected chi connectivity index (χ2v) is 1.92. The first-order valence-electron chi connectivity index (χ1n) is 2.51. The Kier molecular flexibility index (Phi) is 5.21. The molecular formula is C5H7N2ORb. The second-order valence-electron chi connectivity index (χ2n) is 1.92. The molecule has 0 saturated heterocycles. The molecule has 0 aromatic carbocycles. The van der Waals surface area contributed by atoms with Gasteiger partial charge in [-0.25, -0.2) is 0 Å². The molecule has 0 aliphatic rings. The fourth-order valence-electron chi connectivity index (χ4n) is 0.386. The summed E-state index contributed by atoms with van der Waals surface area (Å²) in [5.41, 5.74) is 0.782. The molecular weight excluding hydrogens is 190 g/mol. The van der Waals surface area contributed by atoms with Gasteiger partial charge in [-0.05, 0) is 5.92 Å². The molecule has 1 heterocycles. The maximum atomic E-state index is 4.32. The predicted octanol–water partition coefficient (Wildman–Crippen LogP) is -2.00. The van der Waals surface area contributed by atoms with Crippen LogP contribution in [0.5, 0.6) is 0 Å². The quantitative estimate of drug-likeness (QED) is 0.488. The summed E-state index contributed by atoms with van der Waals surface area (Å²) in [4.78, 5) is 0. The van der Waals surface area contributed by atoms with Gasteiger partial charge >= 0.3 is 58.2 Å². The molecule has 0 N–H and O–H groups in total. The van der Waals surface area contributed by atoms with E-state index in [-0.39, 0.29) is 58.2 Å². The van der Waals surface area contributed by atoms with Gasteiger partial charge in [0.2, 0.25) is 0 Å². The Hall–Kier alpha value is 0.945. The summed E-state index contributed by atoms with van der Waals surface area (Å²) in [5, 5.41) is 6.91. The van der Waals surface area contributed by atoms with Crippen LogP contribution in [0.25, 0.3) is 0 Å². The maximum absolute atomic E-state index is 4.32. The van der Waals surface area contributed by atoms with E-state index in [1.807, 2.05) is 13.8 Å². The molecule has 0 aliphatic carbocycles. The normalized spacial score (nSPS) is 9.22. The zero-order chi connectivity index (χ0) is 5.98. The monoisotopic (exact) mass is 196 g/mol. The van der Waals surface area contributed by atoms with Crippen molar-refractivity contribution >= 4 is 0 Å². The molecule has 1 aromatic heterocycles. The van der Waals surface area contributed by atoms with Gasteiger partial charge in [-0.1, -0.05) is 24.7 Å². The molecule has 3 nitrogen and oxygen atoms in total. The summed E-state index contributed by atoms with van der Waals surface area (Å²) >= 11 is 0. The SMILES string of the molecule is CC(C)c1[c-]non1.[Rb+]. The van der Waals surface area contributed by atoms with Crippen LogP contribution in [-0.4, -0.2) is 10.3 Å². The van der Waals surface area contributed by atoms with E-state index in [0.29, 0.717) is 5.92 Å². The number of nitrogens with zero attached hydrogens (tertiary/aromatic N) is 2. The maximum Gasteiger partial charge on any atom is 1.00 e. The fraction of sp³-hybridized carbons (Fsp3) is 0.600. The van der Waals surface area contributed by atoms with E-state index >= 15 is 0 Å². The molecule has 0 aliphatic heterocycles. The average Bonchev–Trinajstić information content (AvgIpc) is 2.12. The molecule has 0 unspecified atom stereocenters. The average molecular weight is 197 g/mol. The van der Waals surface area contributed by atoms with Crippen LogP contribution in [0.3, 0.4) is 0 Å². The van der Waals surface area contributed by atoms with Gasteiger partial charge in [0, 0.05) is 0 Å². The summed E-state index contributed by atoms with van der Waals surface area (Å²) in [6.45, 7) is 4.02. The minimum Gasteiger partial charge on any atom is -0.297 e. The third-order valence-corrected chi connectivity index (χ3v) is 0.887. The molecule has 0 spiro atoms. The standard InChI is InChI=1S/C5H7N2O.Rb/c1-4(2)5-3-6-8-7-5;/h4H,1-2H3;/q-1;+1. The van der Waals surface area contributed by atoms with Crippen LogP contribution in [0.15, 0.2) is 4.63 Å². The van der Waals surface area contributed by atoms with Gasteiger partial charge in [0.05, 0.1) is 0 Å². The Labute approximate surface area is 103 Å². The van der Waals surface area contributed by atoms with E-state index < -0.39 is 0 Å². The molecule has 4 heteroatoms. The minimum absolute atomic E-state index is 0. The Morgan fingerprint density at radius 1 is 1.56 bits per heavy atom. The van der Waals surface area contributed by atoms with Crippen LogP contribution >= 0.6 is 0 Å². The number of aromatic nitrogens is 2. The summed E-state index contributed by atoms with van der Waals surface area (Å²) in [6, 6.07) is 0. The predicted molar refractivity (Wildman–Crippen MR) is 27.2 cm³/mol. The van der Waals surface area contributed by atoms with Crippen molar-refractivity contribution in [3.63, 3.8) is 0 Å². The van der Waals surface area contributed by atoms with E-state index in [9.17, 15) is 0 Å². The first-order chi connectivity index (χ1) is 3.80. The summed E-state index contributed by atoms with van der Waals surface area (Å²) in [6.07, 6.45) is 2.61. The van der Waals surface area contributed by atoms with Crippen molar-refractivity contribution in [1.29, 1.82) is 0 Å². The summed E-state index contributed by atoms with van der Waals surface area (Å²) in [5.74, 6) is 0.362. The first kappa shape index (κ1) is 9.95. The van der Waals surface area contributed by atoms with Crippen molar-refractivity contribution in [2.24, 2.45) is 0 Å². The third-order valence-electron chi connectivity index (χ3n) is 0.887. The van der Waals surface area contributed by atoms with Crippen LogP contribution in [-0.2, 0) is 0 Å². The number of hydrogen-bond donors (Lipinski definition) is 0. The van der Waals surface area contributed by atoms with Crippen molar-refractivity contribution in [1.82, 2.24) is 10.3 Å². The Morgan fingerprint density at radius 3 is 2.44 bits per heavy atom. The van der Waals surface area contributed by atoms with Gasteiger partial charge in [0.15, 0.2) is 0 Å². The Balaban J connectivity index is 0.000000640. The zero-order valence-electron chi connectivity index (χ0n) is 5.88. The van der Waals surface area contributed by atoms with Gasteiger partial charge in [-0.3, -0.25) is 16.0 Å². The van der Waals surface area contributed by atoms with E-state index in [1.165, 1.54) is 0 Å². The van der Waals surface area contributed by atoms with Crippen LogP contribution in [0, 0.1) is 6.20 Å². The molecule has 44 valence electrons. The Bertz CT molecular complexity index is 150. The molecule has 0 fully saturated rings. The van der Waals surface area contributed by atoms with E-state index in [0.717, 1.165) is 5.69 Å².